The fourth-order valence-electron chi connectivity index (χ4n) is 2.46. The Morgan fingerprint density at radius 2 is 2.19 bits per heavy atom. The van der Waals surface area contributed by atoms with Crippen molar-refractivity contribution >= 4 is 0 Å². The lowest BCUT2D eigenvalue weighted by atomic mass is 9.80. The van der Waals surface area contributed by atoms with Crippen LogP contribution in [0, 0.1) is 5.41 Å². The minimum atomic E-state index is 0.294. The molecule has 0 aromatic heterocycles. The summed E-state index contributed by atoms with van der Waals surface area (Å²) in [5.41, 5.74) is 3.11. The predicted octanol–water partition coefficient (Wildman–Crippen LogP) is 2.37. The lowest BCUT2D eigenvalue weighted by Crippen LogP contribution is -2.29. The highest BCUT2D eigenvalue weighted by Crippen LogP contribution is 2.38. The number of allylic oxidation sites excluding steroid dienone is 4. The van der Waals surface area contributed by atoms with Gasteiger partial charge in [-0.05, 0) is 37.6 Å². The number of nitrogens with one attached hydrogen (secondary N) is 2. The van der Waals surface area contributed by atoms with E-state index in [0.29, 0.717) is 5.41 Å². The standard InChI is InChI=1S/C14H22N2/c1-3-15-10-9-14(2)11-16-13-8-6-4-5-7-12(13)14/h5-8,15-16H,3-4,9-11H2,1-2H3. The van der Waals surface area contributed by atoms with Crippen LogP contribution in [-0.4, -0.2) is 19.6 Å². The number of hydrogen-bond acceptors (Lipinski definition) is 2. The Hall–Kier alpha value is -1.02. The van der Waals surface area contributed by atoms with E-state index in [0.717, 1.165) is 26.1 Å². The molecule has 1 unspecified atom stereocenters. The van der Waals surface area contributed by atoms with E-state index in [2.05, 4.69) is 48.8 Å². The molecule has 0 saturated heterocycles. The topological polar surface area (TPSA) is 24.1 Å². The fourth-order valence-corrected chi connectivity index (χ4v) is 2.46. The van der Waals surface area contributed by atoms with E-state index in [9.17, 15) is 0 Å². The summed E-state index contributed by atoms with van der Waals surface area (Å²) in [6.45, 7) is 7.75. The van der Waals surface area contributed by atoms with Crippen molar-refractivity contribution in [3.05, 3.63) is 35.6 Å². The van der Waals surface area contributed by atoms with Crippen molar-refractivity contribution in [3.8, 4) is 0 Å². The molecule has 0 bridgehead atoms. The van der Waals surface area contributed by atoms with Crippen molar-refractivity contribution in [2.24, 2.45) is 5.41 Å². The lowest BCUT2D eigenvalue weighted by molar-refractivity contribution is 0.382. The van der Waals surface area contributed by atoms with Crippen LogP contribution in [0.15, 0.2) is 35.6 Å². The van der Waals surface area contributed by atoms with Gasteiger partial charge in [0, 0.05) is 17.7 Å². The molecule has 0 fully saturated rings. The largest absolute Gasteiger partial charge is 0.384 e. The maximum atomic E-state index is 3.53. The fraction of sp³-hybridized carbons (Fsp3) is 0.571. The SMILES string of the molecule is CCNCCC1(C)CNC2=C1C=CCC=C2. The molecule has 0 radical (unpaired) electrons. The Morgan fingerprint density at radius 3 is 3.00 bits per heavy atom. The minimum Gasteiger partial charge on any atom is -0.384 e. The second-order valence-electron chi connectivity index (χ2n) is 4.89. The van der Waals surface area contributed by atoms with Gasteiger partial charge in [0.15, 0.2) is 0 Å². The molecule has 0 amide bonds. The smallest absolute Gasteiger partial charge is 0.0376 e. The monoisotopic (exact) mass is 218 g/mol. The molecule has 0 saturated carbocycles. The molecule has 2 aliphatic rings. The van der Waals surface area contributed by atoms with Crippen molar-refractivity contribution in [1.82, 2.24) is 10.6 Å². The zero-order valence-electron chi connectivity index (χ0n) is 10.3. The van der Waals surface area contributed by atoms with Crippen LogP contribution in [0.5, 0.6) is 0 Å². The van der Waals surface area contributed by atoms with E-state index in [1.165, 1.54) is 17.7 Å². The average molecular weight is 218 g/mol. The molecule has 2 heteroatoms. The lowest BCUT2D eigenvalue weighted by Gasteiger charge is -2.25. The van der Waals surface area contributed by atoms with E-state index in [-0.39, 0.29) is 0 Å². The van der Waals surface area contributed by atoms with Gasteiger partial charge in [-0.3, -0.25) is 0 Å². The van der Waals surface area contributed by atoms with E-state index in [1.807, 2.05) is 0 Å². The van der Waals surface area contributed by atoms with Gasteiger partial charge >= 0.3 is 0 Å². The molecule has 0 aromatic rings. The summed E-state index contributed by atoms with van der Waals surface area (Å²) >= 11 is 0. The van der Waals surface area contributed by atoms with E-state index < -0.39 is 0 Å². The van der Waals surface area contributed by atoms with Crippen LogP contribution in [-0.2, 0) is 0 Å². The zero-order valence-corrected chi connectivity index (χ0v) is 10.3. The first-order chi connectivity index (χ1) is 7.76. The molecule has 0 spiro atoms. The maximum Gasteiger partial charge on any atom is 0.0376 e. The van der Waals surface area contributed by atoms with Gasteiger partial charge in [-0.1, -0.05) is 32.1 Å². The zero-order chi connectivity index (χ0) is 11.4. The molecule has 1 atom stereocenters. The molecular formula is C14H22N2. The Morgan fingerprint density at radius 1 is 1.38 bits per heavy atom. The van der Waals surface area contributed by atoms with Crippen LogP contribution in [0.3, 0.4) is 0 Å². The van der Waals surface area contributed by atoms with Crippen LogP contribution < -0.4 is 10.6 Å². The highest BCUT2D eigenvalue weighted by molar-refractivity contribution is 5.43. The summed E-state index contributed by atoms with van der Waals surface area (Å²) in [5.74, 6) is 0. The van der Waals surface area contributed by atoms with Crippen molar-refractivity contribution in [3.63, 3.8) is 0 Å². The van der Waals surface area contributed by atoms with Gasteiger partial charge in [0.2, 0.25) is 0 Å². The summed E-state index contributed by atoms with van der Waals surface area (Å²) < 4.78 is 0. The first kappa shape index (κ1) is 11.5. The molecule has 1 heterocycles. The van der Waals surface area contributed by atoms with Crippen LogP contribution in [0.1, 0.15) is 26.7 Å². The van der Waals surface area contributed by atoms with Gasteiger partial charge in [-0.2, -0.15) is 0 Å². The molecule has 88 valence electrons. The highest BCUT2D eigenvalue weighted by Gasteiger charge is 2.34. The van der Waals surface area contributed by atoms with Crippen LogP contribution >= 0.6 is 0 Å². The van der Waals surface area contributed by atoms with Crippen LogP contribution in [0.25, 0.3) is 0 Å². The van der Waals surface area contributed by atoms with Crippen molar-refractivity contribution in [2.45, 2.75) is 26.7 Å². The molecule has 2 nitrogen and oxygen atoms in total. The van der Waals surface area contributed by atoms with Gasteiger partial charge in [0.25, 0.3) is 0 Å². The summed E-state index contributed by atoms with van der Waals surface area (Å²) in [4.78, 5) is 0. The normalized spacial score (nSPS) is 27.9. The maximum absolute atomic E-state index is 3.53. The van der Waals surface area contributed by atoms with Gasteiger partial charge in [0.05, 0.1) is 0 Å². The third-order valence-electron chi connectivity index (χ3n) is 3.55. The third-order valence-corrected chi connectivity index (χ3v) is 3.55. The Balaban J connectivity index is 2.10. The summed E-state index contributed by atoms with van der Waals surface area (Å²) in [6.07, 6.45) is 11.3. The summed E-state index contributed by atoms with van der Waals surface area (Å²) in [6, 6.07) is 0. The molecule has 16 heavy (non-hydrogen) atoms. The molecule has 1 aliphatic carbocycles. The molecule has 2 N–H and O–H groups in total. The third kappa shape index (κ3) is 2.22. The first-order valence-corrected chi connectivity index (χ1v) is 6.29. The molecule has 1 aliphatic heterocycles. The van der Waals surface area contributed by atoms with Crippen molar-refractivity contribution in [2.75, 3.05) is 19.6 Å². The van der Waals surface area contributed by atoms with Gasteiger partial charge < -0.3 is 10.6 Å². The Kier molecular flexibility index (Phi) is 3.49. The van der Waals surface area contributed by atoms with Gasteiger partial charge in [-0.15, -0.1) is 0 Å². The highest BCUT2D eigenvalue weighted by atomic mass is 14.9. The molecular weight excluding hydrogens is 196 g/mol. The Labute approximate surface area is 98.5 Å². The van der Waals surface area contributed by atoms with E-state index in [4.69, 9.17) is 0 Å². The van der Waals surface area contributed by atoms with Crippen molar-refractivity contribution < 1.29 is 0 Å². The summed E-state index contributed by atoms with van der Waals surface area (Å²) in [7, 11) is 0. The molecule has 2 rings (SSSR count). The molecule has 0 aromatic carbocycles. The van der Waals surface area contributed by atoms with Crippen molar-refractivity contribution in [1.29, 1.82) is 0 Å². The van der Waals surface area contributed by atoms with E-state index in [1.54, 1.807) is 0 Å². The van der Waals surface area contributed by atoms with Gasteiger partial charge in [-0.25, -0.2) is 0 Å². The first-order valence-electron chi connectivity index (χ1n) is 6.29. The number of rotatable bonds is 4. The quantitative estimate of drug-likeness (QED) is 0.708. The second kappa shape index (κ2) is 4.88. The van der Waals surface area contributed by atoms with Crippen LogP contribution in [0.4, 0.5) is 0 Å². The number of hydrogen-bond donors (Lipinski definition) is 2. The minimum absolute atomic E-state index is 0.294. The van der Waals surface area contributed by atoms with Crippen LogP contribution in [0.2, 0.25) is 0 Å². The average Bonchev–Trinajstić information content (AvgIpc) is 2.49. The predicted molar refractivity (Wildman–Crippen MR) is 69.2 cm³/mol. The van der Waals surface area contributed by atoms with Gasteiger partial charge in [0.1, 0.15) is 0 Å². The second-order valence-corrected chi connectivity index (χ2v) is 4.89. The van der Waals surface area contributed by atoms with E-state index >= 15 is 0 Å². The summed E-state index contributed by atoms with van der Waals surface area (Å²) in [5, 5.41) is 6.95. The Bertz CT molecular complexity index is 339.